The summed E-state index contributed by atoms with van der Waals surface area (Å²) in [6.45, 7) is 9.93. The molecule has 1 aromatic carbocycles. The van der Waals surface area contributed by atoms with E-state index in [-0.39, 0.29) is 5.91 Å². The number of benzene rings is 1. The number of nitrogens with zero attached hydrogens (tertiary/aromatic N) is 2. The van der Waals surface area contributed by atoms with Crippen molar-refractivity contribution >= 4 is 34.1 Å². The van der Waals surface area contributed by atoms with E-state index in [9.17, 15) is 4.79 Å². The standard InChI is InChI=1S/C19H24N4OS/c1-13(2)12-20-19(25)23-10-6-9-22(23)18(24)11-16-14(3)21-17-8-5-4-7-15(16)17/h4-5,7-8,21H,1,6,9-12H2,2-3H3,(H,20,25). The molecule has 1 aliphatic heterocycles. The minimum absolute atomic E-state index is 0.0739. The van der Waals surface area contributed by atoms with Crippen LogP contribution in [0.15, 0.2) is 36.4 Å². The molecule has 1 saturated heterocycles. The lowest BCUT2D eigenvalue weighted by atomic mass is 10.1. The zero-order valence-electron chi connectivity index (χ0n) is 14.8. The summed E-state index contributed by atoms with van der Waals surface area (Å²) in [5.41, 5.74) is 4.19. The van der Waals surface area contributed by atoms with Crippen molar-refractivity contribution in [3.8, 4) is 0 Å². The maximum Gasteiger partial charge on any atom is 0.245 e. The summed E-state index contributed by atoms with van der Waals surface area (Å²) in [5, 5.41) is 8.52. The van der Waals surface area contributed by atoms with Gasteiger partial charge in [0.15, 0.2) is 5.11 Å². The van der Waals surface area contributed by atoms with E-state index in [1.807, 2.05) is 37.1 Å². The topological polar surface area (TPSA) is 51.4 Å². The van der Waals surface area contributed by atoms with Crippen molar-refractivity contribution in [2.45, 2.75) is 26.7 Å². The number of H-pyrrole nitrogens is 1. The first-order valence-electron chi connectivity index (χ1n) is 8.53. The SMILES string of the molecule is C=C(C)CNC(=S)N1CCCN1C(=O)Cc1c(C)[nH]c2ccccc12. The molecule has 0 saturated carbocycles. The van der Waals surface area contributed by atoms with Crippen molar-refractivity contribution in [1.82, 2.24) is 20.3 Å². The fourth-order valence-electron chi connectivity index (χ4n) is 3.20. The van der Waals surface area contributed by atoms with Gasteiger partial charge in [-0.2, -0.15) is 0 Å². The minimum atomic E-state index is 0.0739. The average Bonchev–Trinajstić information content (AvgIpc) is 3.18. The van der Waals surface area contributed by atoms with Gasteiger partial charge in [0.2, 0.25) is 5.91 Å². The Morgan fingerprint density at radius 1 is 1.32 bits per heavy atom. The predicted octanol–water partition coefficient (Wildman–Crippen LogP) is 2.92. The van der Waals surface area contributed by atoms with Crippen molar-refractivity contribution < 1.29 is 4.79 Å². The molecule has 1 aliphatic rings. The van der Waals surface area contributed by atoms with E-state index in [1.54, 1.807) is 5.01 Å². The number of hydrogen-bond donors (Lipinski definition) is 2. The van der Waals surface area contributed by atoms with Gasteiger partial charge in [0, 0.05) is 36.2 Å². The monoisotopic (exact) mass is 356 g/mol. The van der Waals surface area contributed by atoms with E-state index in [1.165, 1.54) is 0 Å². The van der Waals surface area contributed by atoms with Crippen LogP contribution in [0.25, 0.3) is 10.9 Å². The zero-order chi connectivity index (χ0) is 18.0. The van der Waals surface area contributed by atoms with E-state index in [4.69, 9.17) is 12.2 Å². The van der Waals surface area contributed by atoms with Gasteiger partial charge in [-0.1, -0.05) is 30.4 Å². The van der Waals surface area contributed by atoms with Crippen LogP contribution >= 0.6 is 12.2 Å². The van der Waals surface area contributed by atoms with Gasteiger partial charge in [0.1, 0.15) is 0 Å². The highest BCUT2D eigenvalue weighted by molar-refractivity contribution is 7.80. The second-order valence-electron chi connectivity index (χ2n) is 6.56. The summed E-state index contributed by atoms with van der Waals surface area (Å²) in [5.74, 6) is 0.0739. The Bertz CT molecular complexity index is 826. The Morgan fingerprint density at radius 2 is 2.04 bits per heavy atom. The molecule has 0 spiro atoms. The van der Waals surface area contributed by atoms with Crippen molar-refractivity contribution in [3.63, 3.8) is 0 Å². The number of amides is 1. The molecule has 3 rings (SSSR count). The molecule has 2 N–H and O–H groups in total. The van der Waals surface area contributed by atoms with Gasteiger partial charge in [-0.3, -0.25) is 14.8 Å². The van der Waals surface area contributed by atoms with Gasteiger partial charge in [-0.05, 0) is 44.1 Å². The summed E-state index contributed by atoms with van der Waals surface area (Å²) in [6, 6.07) is 8.09. The minimum Gasteiger partial charge on any atom is -0.358 e. The Labute approximate surface area is 153 Å². The van der Waals surface area contributed by atoms with Gasteiger partial charge in [0.05, 0.1) is 6.42 Å². The first-order chi connectivity index (χ1) is 12.0. The molecule has 25 heavy (non-hydrogen) atoms. The molecule has 2 heterocycles. The van der Waals surface area contributed by atoms with E-state index in [2.05, 4.69) is 22.9 Å². The first-order valence-corrected chi connectivity index (χ1v) is 8.94. The molecule has 0 aliphatic carbocycles. The van der Waals surface area contributed by atoms with Crippen LogP contribution in [0.1, 0.15) is 24.6 Å². The number of carbonyl (C=O) groups is 1. The van der Waals surface area contributed by atoms with E-state index in [0.717, 1.165) is 40.7 Å². The van der Waals surface area contributed by atoms with Crippen LogP contribution in [0.3, 0.4) is 0 Å². The molecule has 5 nitrogen and oxygen atoms in total. The zero-order valence-corrected chi connectivity index (χ0v) is 15.6. The molecule has 0 atom stereocenters. The van der Waals surface area contributed by atoms with Crippen LogP contribution in [-0.2, 0) is 11.2 Å². The van der Waals surface area contributed by atoms with Crippen LogP contribution in [-0.4, -0.2) is 45.7 Å². The number of para-hydroxylation sites is 1. The molecule has 6 heteroatoms. The summed E-state index contributed by atoms with van der Waals surface area (Å²) in [4.78, 5) is 16.3. The van der Waals surface area contributed by atoms with Gasteiger partial charge in [-0.15, -0.1) is 0 Å². The van der Waals surface area contributed by atoms with Gasteiger partial charge < -0.3 is 10.3 Å². The molecular weight excluding hydrogens is 332 g/mol. The lowest BCUT2D eigenvalue weighted by Gasteiger charge is -2.30. The van der Waals surface area contributed by atoms with Crippen LogP contribution in [0.2, 0.25) is 0 Å². The van der Waals surface area contributed by atoms with Crippen LogP contribution in [0, 0.1) is 6.92 Å². The Hall–Kier alpha value is -2.34. The van der Waals surface area contributed by atoms with Gasteiger partial charge in [0.25, 0.3) is 0 Å². The van der Waals surface area contributed by atoms with Crippen LogP contribution in [0.4, 0.5) is 0 Å². The molecule has 1 aromatic heterocycles. The lowest BCUT2D eigenvalue weighted by molar-refractivity contribution is -0.138. The third-order valence-electron chi connectivity index (χ3n) is 4.45. The number of carbonyl (C=O) groups excluding carboxylic acids is 1. The van der Waals surface area contributed by atoms with Crippen molar-refractivity contribution in [1.29, 1.82) is 0 Å². The molecule has 1 amide bonds. The van der Waals surface area contributed by atoms with E-state index < -0.39 is 0 Å². The number of hydrazine groups is 1. The Balaban J connectivity index is 1.74. The maximum atomic E-state index is 12.9. The summed E-state index contributed by atoms with van der Waals surface area (Å²) in [6.07, 6.45) is 1.29. The molecule has 0 unspecified atom stereocenters. The largest absolute Gasteiger partial charge is 0.358 e. The number of thiocarbonyl (C=S) groups is 1. The highest BCUT2D eigenvalue weighted by Crippen LogP contribution is 2.23. The second-order valence-corrected chi connectivity index (χ2v) is 6.95. The first kappa shape index (κ1) is 17.5. The predicted molar refractivity (Wildman–Crippen MR) is 105 cm³/mol. The number of fused-ring (bicyclic) bond motifs is 1. The van der Waals surface area contributed by atoms with E-state index >= 15 is 0 Å². The number of rotatable bonds is 4. The second kappa shape index (κ2) is 7.27. The number of nitrogens with one attached hydrogen (secondary N) is 2. The number of aryl methyl sites for hydroxylation is 1. The van der Waals surface area contributed by atoms with Crippen LogP contribution in [0.5, 0.6) is 0 Å². The van der Waals surface area contributed by atoms with Gasteiger partial charge >= 0.3 is 0 Å². The Kier molecular flexibility index (Phi) is 5.08. The highest BCUT2D eigenvalue weighted by atomic mass is 32.1. The number of aromatic nitrogens is 1. The summed E-state index contributed by atoms with van der Waals surface area (Å²) >= 11 is 5.45. The number of hydrogen-bond acceptors (Lipinski definition) is 2. The van der Waals surface area contributed by atoms with Gasteiger partial charge in [-0.25, -0.2) is 0 Å². The molecular formula is C19H24N4OS. The molecule has 0 bridgehead atoms. The van der Waals surface area contributed by atoms with E-state index in [0.29, 0.717) is 24.6 Å². The van der Waals surface area contributed by atoms with Crippen molar-refractivity contribution in [2.75, 3.05) is 19.6 Å². The van der Waals surface area contributed by atoms with Crippen molar-refractivity contribution in [3.05, 3.63) is 47.7 Å². The smallest absolute Gasteiger partial charge is 0.245 e. The molecule has 132 valence electrons. The van der Waals surface area contributed by atoms with Crippen molar-refractivity contribution in [2.24, 2.45) is 0 Å². The molecule has 0 radical (unpaired) electrons. The highest BCUT2D eigenvalue weighted by Gasteiger charge is 2.29. The fraction of sp³-hybridized carbons (Fsp3) is 0.368. The third-order valence-corrected chi connectivity index (χ3v) is 4.81. The summed E-state index contributed by atoms with van der Waals surface area (Å²) in [7, 11) is 0. The average molecular weight is 356 g/mol. The Morgan fingerprint density at radius 3 is 2.80 bits per heavy atom. The number of aromatic amines is 1. The molecule has 1 fully saturated rings. The summed E-state index contributed by atoms with van der Waals surface area (Å²) < 4.78 is 0. The third kappa shape index (κ3) is 3.69. The fourth-order valence-corrected chi connectivity index (χ4v) is 3.47. The normalized spacial score (nSPS) is 14.2. The maximum absolute atomic E-state index is 12.9. The molecule has 2 aromatic rings. The quantitative estimate of drug-likeness (QED) is 0.653. The lowest BCUT2D eigenvalue weighted by Crippen LogP contribution is -2.49. The van der Waals surface area contributed by atoms with Crippen LogP contribution < -0.4 is 5.32 Å².